The third-order valence-corrected chi connectivity index (χ3v) is 4.56. The van der Waals surface area contributed by atoms with E-state index in [1.165, 1.54) is 0 Å². The first-order valence-corrected chi connectivity index (χ1v) is 8.84. The fraction of sp³-hybridized carbons (Fsp3) is 0.550. The lowest BCUT2D eigenvalue weighted by Gasteiger charge is -2.44. The van der Waals surface area contributed by atoms with E-state index in [0.29, 0.717) is 19.6 Å². The monoisotopic (exact) mass is 361 g/mol. The van der Waals surface area contributed by atoms with Crippen LogP contribution in [0.5, 0.6) is 11.5 Å². The first-order valence-electron chi connectivity index (χ1n) is 8.84. The number of hydrogen-bond acceptors (Lipinski definition) is 5. The van der Waals surface area contributed by atoms with E-state index >= 15 is 0 Å². The lowest BCUT2D eigenvalue weighted by atomic mass is 9.89. The Hall–Kier alpha value is -2.21. The number of fused-ring (bicyclic) bond motifs is 2. The van der Waals surface area contributed by atoms with Gasteiger partial charge in [0.05, 0.1) is 39.5 Å². The minimum atomic E-state index is -0.518. The van der Waals surface area contributed by atoms with Gasteiger partial charge in [-0.2, -0.15) is 0 Å². The van der Waals surface area contributed by atoms with E-state index in [4.69, 9.17) is 18.9 Å². The maximum absolute atomic E-state index is 12.7. The van der Waals surface area contributed by atoms with Crippen molar-refractivity contribution in [2.75, 3.05) is 27.4 Å². The van der Waals surface area contributed by atoms with Crippen LogP contribution in [0.25, 0.3) is 5.57 Å². The number of nitrogens with zero attached hydrogens (tertiary/aromatic N) is 1. The highest BCUT2D eigenvalue weighted by Gasteiger charge is 2.40. The highest BCUT2D eigenvalue weighted by molar-refractivity contribution is 5.77. The molecule has 0 N–H and O–H groups in total. The van der Waals surface area contributed by atoms with Crippen LogP contribution >= 0.6 is 0 Å². The SMILES string of the molecule is COc1ccc(C2=CC3COCC(C2)N3C(=O)OC(C)(C)C)c(OC)c1. The Labute approximate surface area is 154 Å². The molecule has 2 aliphatic heterocycles. The fourth-order valence-electron chi connectivity index (χ4n) is 3.46. The van der Waals surface area contributed by atoms with Crippen molar-refractivity contribution in [3.63, 3.8) is 0 Å². The summed E-state index contributed by atoms with van der Waals surface area (Å²) in [6, 6.07) is 5.62. The van der Waals surface area contributed by atoms with Crippen LogP contribution in [0, 0.1) is 0 Å². The van der Waals surface area contributed by atoms with Gasteiger partial charge in [0.1, 0.15) is 17.1 Å². The van der Waals surface area contributed by atoms with Gasteiger partial charge in [-0.3, -0.25) is 4.90 Å². The lowest BCUT2D eigenvalue weighted by molar-refractivity contribution is -0.0510. The van der Waals surface area contributed by atoms with E-state index in [-0.39, 0.29) is 18.2 Å². The van der Waals surface area contributed by atoms with Crippen molar-refractivity contribution in [2.45, 2.75) is 44.9 Å². The molecule has 0 saturated carbocycles. The van der Waals surface area contributed by atoms with Gasteiger partial charge in [0.15, 0.2) is 0 Å². The van der Waals surface area contributed by atoms with Crippen molar-refractivity contribution < 1.29 is 23.7 Å². The summed E-state index contributed by atoms with van der Waals surface area (Å²) < 4.78 is 22.1. The number of methoxy groups -OCH3 is 2. The number of benzene rings is 1. The molecule has 2 atom stereocenters. The molecule has 2 unspecified atom stereocenters. The molecule has 6 nitrogen and oxygen atoms in total. The van der Waals surface area contributed by atoms with Crippen LogP contribution in [-0.4, -0.2) is 56.1 Å². The topological polar surface area (TPSA) is 57.2 Å². The molecule has 1 amide bonds. The number of carbonyl (C=O) groups is 1. The van der Waals surface area contributed by atoms with Crippen molar-refractivity contribution in [1.82, 2.24) is 4.90 Å². The lowest BCUT2D eigenvalue weighted by Crippen LogP contribution is -2.57. The predicted molar refractivity (Wildman–Crippen MR) is 98.6 cm³/mol. The molecule has 1 aromatic rings. The van der Waals surface area contributed by atoms with E-state index in [0.717, 1.165) is 22.6 Å². The smallest absolute Gasteiger partial charge is 0.411 e. The average molecular weight is 361 g/mol. The molecule has 26 heavy (non-hydrogen) atoms. The summed E-state index contributed by atoms with van der Waals surface area (Å²) in [6.07, 6.45) is 2.50. The second-order valence-corrected chi connectivity index (χ2v) is 7.61. The highest BCUT2D eigenvalue weighted by atomic mass is 16.6. The zero-order chi connectivity index (χ0) is 18.9. The molecular weight excluding hydrogens is 334 g/mol. The second-order valence-electron chi connectivity index (χ2n) is 7.61. The van der Waals surface area contributed by atoms with Gasteiger partial charge in [-0.15, -0.1) is 0 Å². The maximum Gasteiger partial charge on any atom is 0.411 e. The van der Waals surface area contributed by atoms with Gasteiger partial charge in [-0.05, 0) is 44.9 Å². The number of ether oxygens (including phenoxy) is 4. The number of morpholine rings is 1. The highest BCUT2D eigenvalue weighted by Crippen LogP contribution is 2.38. The number of amides is 1. The van der Waals surface area contributed by atoms with Gasteiger partial charge in [0, 0.05) is 11.6 Å². The minimum absolute atomic E-state index is 0.0459. The van der Waals surface area contributed by atoms with E-state index in [1.54, 1.807) is 14.2 Å². The molecule has 0 aliphatic carbocycles. The molecule has 1 fully saturated rings. The van der Waals surface area contributed by atoms with E-state index < -0.39 is 5.60 Å². The van der Waals surface area contributed by atoms with Gasteiger partial charge in [0.25, 0.3) is 0 Å². The van der Waals surface area contributed by atoms with Crippen LogP contribution < -0.4 is 9.47 Å². The molecule has 0 spiro atoms. The third-order valence-electron chi connectivity index (χ3n) is 4.56. The first kappa shape index (κ1) is 18.6. The summed E-state index contributed by atoms with van der Waals surface area (Å²) in [7, 11) is 3.29. The minimum Gasteiger partial charge on any atom is -0.497 e. The number of hydrogen-bond donors (Lipinski definition) is 0. The molecule has 6 heteroatoms. The van der Waals surface area contributed by atoms with Gasteiger partial charge in [-0.25, -0.2) is 4.79 Å². The van der Waals surface area contributed by atoms with Crippen LogP contribution in [0.2, 0.25) is 0 Å². The molecular formula is C20H27NO5. The van der Waals surface area contributed by atoms with E-state index in [9.17, 15) is 4.79 Å². The van der Waals surface area contributed by atoms with Gasteiger partial charge in [0.2, 0.25) is 0 Å². The molecule has 0 aromatic heterocycles. The van der Waals surface area contributed by atoms with Gasteiger partial charge < -0.3 is 18.9 Å². The summed E-state index contributed by atoms with van der Waals surface area (Å²) in [4.78, 5) is 14.5. The zero-order valence-electron chi connectivity index (χ0n) is 16.1. The normalized spacial score (nSPS) is 22.5. The summed E-state index contributed by atoms with van der Waals surface area (Å²) >= 11 is 0. The van der Waals surface area contributed by atoms with Crippen LogP contribution in [-0.2, 0) is 9.47 Å². The molecule has 2 heterocycles. The Morgan fingerprint density at radius 3 is 2.58 bits per heavy atom. The molecule has 0 radical (unpaired) electrons. The zero-order valence-corrected chi connectivity index (χ0v) is 16.1. The Morgan fingerprint density at radius 1 is 1.19 bits per heavy atom. The molecule has 1 aromatic carbocycles. The Bertz CT molecular complexity index is 707. The quantitative estimate of drug-likeness (QED) is 0.825. The molecule has 1 saturated heterocycles. The fourth-order valence-corrected chi connectivity index (χ4v) is 3.46. The van der Waals surface area contributed by atoms with Crippen molar-refractivity contribution in [2.24, 2.45) is 0 Å². The Balaban J connectivity index is 1.90. The second kappa shape index (κ2) is 7.19. The summed E-state index contributed by atoms with van der Waals surface area (Å²) in [5, 5.41) is 0. The Kier molecular flexibility index (Phi) is 5.14. The molecule has 3 rings (SSSR count). The maximum atomic E-state index is 12.7. The average Bonchev–Trinajstić information content (AvgIpc) is 2.58. The van der Waals surface area contributed by atoms with Crippen LogP contribution in [0.4, 0.5) is 4.79 Å². The molecule has 142 valence electrons. The summed E-state index contributed by atoms with van der Waals surface area (Å²) in [6.45, 7) is 6.61. The Morgan fingerprint density at radius 2 is 1.96 bits per heavy atom. The van der Waals surface area contributed by atoms with Gasteiger partial charge >= 0.3 is 6.09 Å². The van der Waals surface area contributed by atoms with Gasteiger partial charge in [-0.1, -0.05) is 6.08 Å². The van der Waals surface area contributed by atoms with Crippen molar-refractivity contribution in [3.8, 4) is 11.5 Å². The summed E-state index contributed by atoms with van der Waals surface area (Å²) in [5.74, 6) is 1.52. The van der Waals surface area contributed by atoms with E-state index in [2.05, 4.69) is 6.08 Å². The predicted octanol–water partition coefficient (Wildman–Crippen LogP) is 3.50. The van der Waals surface area contributed by atoms with Crippen molar-refractivity contribution >= 4 is 11.7 Å². The van der Waals surface area contributed by atoms with Crippen molar-refractivity contribution in [1.29, 1.82) is 0 Å². The summed E-state index contributed by atoms with van der Waals surface area (Å²) in [5.41, 5.74) is 1.66. The first-order chi connectivity index (χ1) is 12.3. The van der Waals surface area contributed by atoms with Crippen LogP contribution in [0.15, 0.2) is 24.3 Å². The van der Waals surface area contributed by atoms with E-state index in [1.807, 2.05) is 43.9 Å². The number of rotatable bonds is 3. The van der Waals surface area contributed by atoms with Crippen LogP contribution in [0.3, 0.4) is 0 Å². The largest absolute Gasteiger partial charge is 0.497 e. The molecule has 2 aliphatic rings. The van der Waals surface area contributed by atoms with Crippen LogP contribution in [0.1, 0.15) is 32.8 Å². The number of carbonyl (C=O) groups excluding carboxylic acids is 1. The van der Waals surface area contributed by atoms with Crippen molar-refractivity contribution in [3.05, 3.63) is 29.8 Å². The third kappa shape index (κ3) is 3.80. The molecule has 2 bridgehead atoms. The standard InChI is InChI=1S/C20H27NO5/c1-20(2,3)26-19(22)21-14-8-13(9-15(21)12-25-11-14)17-7-6-16(23-4)10-18(17)24-5/h6-8,10,14-15H,9,11-12H2,1-5H3.